The van der Waals surface area contributed by atoms with E-state index in [9.17, 15) is 2.74 Å². The van der Waals surface area contributed by atoms with Gasteiger partial charge in [-0.25, -0.2) is 15.0 Å². The monoisotopic (exact) mass is 664 g/mol. The molecule has 0 radical (unpaired) electrons. The van der Waals surface area contributed by atoms with E-state index in [2.05, 4.69) is 24.3 Å². The van der Waals surface area contributed by atoms with E-state index in [0.717, 1.165) is 42.4 Å². The van der Waals surface area contributed by atoms with Gasteiger partial charge >= 0.3 is 0 Å². The fraction of sp³-hybridized carbons (Fsp3) is 0. The lowest BCUT2D eigenvalue weighted by atomic mass is 9.99. The quantitative estimate of drug-likeness (QED) is 0.184. The van der Waals surface area contributed by atoms with Gasteiger partial charge < -0.3 is 4.57 Å². The second kappa shape index (κ2) is 11.6. The maximum Gasteiger partial charge on any atom is 0.166 e. The Kier molecular flexibility index (Phi) is 5.00. The van der Waals surface area contributed by atoms with Crippen molar-refractivity contribution in [2.75, 3.05) is 0 Å². The molecular weight excluding hydrogens is 629 g/mol. The molecule has 3 heterocycles. The molecule has 7 aromatic carbocycles. The van der Waals surface area contributed by atoms with Crippen LogP contribution >= 0.6 is 11.3 Å². The van der Waals surface area contributed by atoms with E-state index < -0.39 is 48.3 Å². The number of nitrogens with zero attached hydrogens (tertiary/aromatic N) is 4. The van der Waals surface area contributed by atoms with Gasteiger partial charge in [0.05, 0.1) is 27.7 Å². The highest BCUT2D eigenvalue weighted by atomic mass is 32.1. The van der Waals surface area contributed by atoms with E-state index in [1.165, 1.54) is 4.57 Å². The van der Waals surface area contributed by atoms with Crippen LogP contribution in [0.5, 0.6) is 0 Å². The molecule has 0 aliphatic carbocycles. The first-order chi connectivity index (χ1) is 28.1. The van der Waals surface area contributed by atoms with Gasteiger partial charge in [-0.15, -0.1) is 11.3 Å². The van der Waals surface area contributed by atoms with Crippen LogP contribution < -0.4 is 0 Å². The van der Waals surface area contributed by atoms with Crippen molar-refractivity contribution in [1.82, 2.24) is 19.5 Å². The Bertz CT molecular complexity index is 3200. The minimum Gasteiger partial charge on any atom is -0.308 e. The van der Waals surface area contributed by atoms with Crippen LogP contribution in [-0.4, -0.2) is 19.5 Å². The third kappa shape index (κ3) is 4.71. The number of rotatable bonds is 5. The van der Waals surface area contributed by atoms with Crippen LogP contribution in [0, 0.1) is 0 Å². The summed E-state index contributed by atoms with van der Waals surface area (Å²) < 4.78 is 75.2. The molecule has 0 bridgehead atoms. The molecule has 0 spiro atoms. The minimum atomic E-state index is -0.508. The second-order valence-corrected chi connectivity index (χ2v) is 12.9. The number of thiophene rings is 1. The highest BCUT2D eigenvalue weighted by Crippen LogP contribution is 2.40. The van der Waals surface area contributed by atoms with Gasteiger partial charge in [-0.05, 0) is 53.5 Å². The van der Waals surface area contributed by atoms with Crippen LogP contribution in [-0.2, 0) is 0 Å². The summed E-state index contributed by atoms with van der Waals surface area (Å²) >= 11 is 1.71. The molecule has 50 heavy (non-hydrogen) atoms. The summed E-state index contributed by atoms with van der Waals surface area (Å²) in [6.45, 7) is 0. The fourth-order valence-corrected chi connectivity index (χ4v) is 7.67. The van der Waals surface area contributed by atoms with Gasteiger partial charge in [0, 0.05) is 47.6 Å². The summed E-state index contributed by atoms with van der Waals surface area (Å²) in [5.74, 6) is 1.06. The van der Waals surface area contributed by atoms with Crippen molar-refractivity contribution in [2.45, 2.75) is 0 Å². The maximum atomic E-state index is 9.26. The zero-order valence-corrected chi connectivity index (χ0v) is 27.1. The van der Waals surface area contributed by atoms with Crippen molar-refractivity contribution in [3.63, 3.8) is 0 Å². The predicted molar refractivity (Wildman–Crippen MR) is 209 cm³/mol. The largest absolute Gasteiger partial charge is 0.308 e. The van der Waals surface area contributed by atoms with Gasteiger partial charge in [-0.3, -0.25) is 0 Å². The standard InChI is InChI=1S/C45H28N4S/c1-3-13-29(14-4-1)43-46-44(30-15-5-2-6-16-30)48-45(47-43)36-25-23-32(31-24-26-42-37(27-31)35-19-9-12-22-41(35)50-42)28-40(36)49-38-20-10-7-17-33(38)34-18-8-11-21-39(34)49/h1-28H/i7D,8D,10D,11D,17D,18D,20D,21D. The number of hydrogen-bond acceptors (Lipinski definition) is 4. The number of para-hydroxylation sites is 2. The summed E-state index contributed by atoms with van der Waals surface area (Å²) in [6, 6.07) is 35.6. The van der Waals surface area contributed by atoms with Gasteiger partial charge in [0.15, 0.2) is 17.5 Å². The Hall–Kier alpha value is -6.43. The molecule has 3 aromatic heterocycles. The number of aromatic nitrogens is 4. The molecule has 0 atom stereocenters. The number of hydrogen-bond donors (Lipinski definition) is 0. The lowest BCUT2D eigenvalue weighted by Crippen LogP contribution is -2.04. The predicted octanol–water partition coefficient (Wildman–Crippen LogP) is 12.0. The molecule has 0 aliphatic heterocycles. The van der Waals surface area contributed by atoms with Crippen molar-refractivity contribution < 1.29 is 11.0 Å². The summed E-state index contributed by atoms with van der Waals surface area (Å²) in [7, 11) is 0. The van der Waals surface area contributed by atoms with E-state index in [1.54, 1.807) is 11.3 Å². The maximum absolute atomic E-state index is 9.26. The van der Waals surface area contributed by atoms with Gasteiger partial charge in [0.25, 0.3) is 0 Å². The van der Waals surface area contributed by atoms with Crippen LogP contribution in [0.1, 0.15) is 11.0 Å². The third-order valence-corrected chi connectivity index (χ3v) is 10.1. The summed E-state index contributed by atoms with van der Waals surface area (Å²) in [4.78, 5) is 14.9. The van der Waals surface area contributed by atoms with Crippen molar-refractivity contribution in [3.8, 4) is 51.0 Å². The Balaban J connectivity index is 1.36. The van der Waals surface area contributed by atoms with Crippen molar-refractivity contribution >= 4 is 53.3 Å². The highest BCUT2D eigenvalue weighted by molar-refractivity contribution is 7.25. The van der Waals surface area contributed by atoms with Gasteiger partial charge in [0.2, 0.25) is 0 Å². The second-order valence-electron chi connectivity index (χ2n) is 11.9. The van der Waals surface area contributed by atoms with Gasteiger partial charge in [0.1, 0.15) is 0 Å². The summed E-state index contributed by atoms with van der Waals surface area (Å²) in [5, 5.41) is 2.19. The third-order valence-electron chi connectivity index (χ3n) is 8.92. The number of fused-ring (bicyclic) bond motifs is 6. The molecule has 4 nitrogen and oxygen atoms in total. The van der Waals surface area contributed by atoms with Crippen molar-refractivity contribution in [3.05, 3.63) is 170 Å². The van der Waals surface area contributed by atoms with Crippen molar-refractivity contribution in [1.29, 1.82) is 0 Å². The molecule has 0 saturated carbocycles. The molecule has 0 aliphatic rings. The average molecular weight is 665 g/mol. The van der Waals surface area contributed by atoms with E-state index in [0.29, 0.717) is 22.9 Å². The fourth-order valence-electron chi connectivity index (χ4n) is 6.58. The molecule has 0 saturated heterocycles. The Morgan fingerprint density at radius 1 is 0.440 bits per heavy atom. The zero-order chi connectivity index (χ0) is 40.0. The Morgan fingerprint density at radius 3 is 1.66 bits per heavy atom. The first-order valence-electron chi connectivity index (χ1n) is 20.0. The lowest BCUT2D eigenvalue weighted by Gasteiger charge is -2.16. The number of benzene rings is 7. The molecular formula is C45H28N4S. The molecule has 10 aromatic rings. The first-order valence-corrected chi connectivity index (χ1v) is 16.9. The zero-order valence-electron chi connectivity index (χ0n) is 34.2. The molecule has 0 amide bonds. The van der Waals surface area contributed by atoms with E-state index in [-0.39, 0.29) is 27.6 Å². The van der Waals surface area contributed by atoms with E-state index in [4.69, 9.17) is 23.2 Å². The molecule has 234 valence electrons. The van der Waals surface area contributed by atoms with Gasteiger partial charge in [-0.2, -0.15) is 0 Å². The van der Waals surface area contributed by atoms with Crippen LogP contribution in [0.3, 0.4) is 0 Å². The highest BCUT2D eigenvalue weighted by Gasteiger charge is 2.20. The van der Waals surface area contributed by atoms with Crippen LogP contribution in [0.4, 0.5) is 0 Å². The SMILES string of the molecule is [2H]c1c([2H])c([2H])c2c(c1[2H])c1c([2H])c([2H])c([2H])c([2H])c1n2-c1cc(-c2ccc3sc4ccccc4c3c2)ccc1-c1nc(-c2ccccc2)nc(-c2ccccc2)n1. The Morgan fingerprint density at radius 2 is 0.980 bits per heavy atom. The van der Waals surface area contributed by atoms with Gasteiger partial charge in [-0.1, -0.05) is 127 Å². The molecule has 10 rings (SSSR count). The Labute approximate surface area is 303 Å². The normalized spacial score (nSPS) is 13.8. The first kappa shape index (κ1) is 21.5. The molecule has 0 N–H and O–H groups in total. The molecule has 0 unspecified atom stereocenters. The topological polar surface area (TPSA) is 43.6 Å². The van der Waals surface area contributed by atoms with E-state index in [1.807, 2.05) is 97.1 Å². The van der Waals surface area contributed by atoms with Crippen LogP contribution in [0.15, 0.2) is 170 Å². The van der Waals surface area contributed by atoms with Crippen LogP contribution in [0.25, 0.3) is 93.0 Å². The smallest absolute Gasteiger partial charge is 0.166 e. The minimum absolute atomic E-state index is 0.00584. The average Bonchev–Trinajstić information content (AvgIpc) is 3.83. The summed E-state index contributed by atoms with van der Waals surface area (Å²) in [5.41, 5.74) is 3.94. The van der Waals surface area contributed by atoms with E-state index >= 15 is 0 Å². The molecule has 5 heteroatoms. The molecule has 0 fully saturated rings. The van der Waals surface area contributed by atoms with Crippen LogP contribution in [0.2, 0.25) is 0 Å². The lowest BCUT2D eigenvalue weighted by molar-refractivity contribution is 1.06. The van der Waals surface area contributed by atoms with Crippen molar-refractivity contribution in [2.24, 2.45) is 0 Å². The summed E-state index contributed by atoms with van der Waals surface area (Å²) in [6.07, 6.45) is 0.